The van der Waals surface area contributed by atoms with Crippen LogP contribution in [-0.2, 0) is 32.5 Å². The number of hydrogen-bond donors (Lipinski definition) is 8. The van der Waals surface area contributed by atoms with Crippen LogP contribution in [0, 0.1) is 27.1 Å². The zero-order valence-electron chi connectivity index (χ0n) is 64.8. The first kappa shape index (κ1) is 91.6. The van der Waals surface area contributed by atoms with E-state index in [2.05, 4.69) is 98.6 Å². The van der Waals surface area contributed by atoms with Crippen LogP contribution in [-0.4, -0.2) is 160 Å². The molecule has 0 aromatic heterocycles. The van der Waals surface area contributed by atoms with Gasteiger partial charge in [-0.2, -0.15) is 0 Å². The molecule has 0 spiro atoms. The molecule has 0 amide bonds. The molecule has 0 aliphatic heterocycles. The Kier molecular flexibility index (Phi) is 37.2. The first-order valence-corrected chi connectivity index (χ1v) is 36.9. The van der Waals surface area contributed by atoms with Crippen LogP contribution in [0.25, 0.3) is 0 Å². The number of likely N-dealkylation sites (N-methyl/N-ethyl adjacent to an activating group) is 5. The van der Waals surface area contributed by atoms with Crippen molar-refractivity contribution in [3.05, 3.63) is 122 Å². The van der Waals surface area contributed by atoms with Crippen LogP contribution >= 0.6 is 73.3 Å². The van der Waals surface area contributed by atoms with E-state index >= 15 is 0 Å². The van der Waals surface area contributed by atoms with E-state index < -0.39 is 0 Å². The Hall–Kier alpha value is -4.44. The standard InChI is InChI=1S/2C14H24N2OS.C13H22N2OS.C12H20N2OS.C11H18N2OS.C10H16N2OS/c1-6-8-16(5)9-7-15-11-10(14(2,3)4)12(17)13(11)18;1-6-16(7-2)9-8-15-11-10(14(3,4)5)12(17)13(11)18;1-6-15(5)8-7-14-10-9(13(2,3)4)11(16)12(10)17;1-12(2,3)8-9(11(16)10(8)15)13-6-7-14(4)5;1-11(2,3)7-8(10(15)9(7)14)13-6-5-12-4;1-10(2,3)6-7(12-5-4-11)9(14)8(6)13/h2*15H,6-9H2,1-5H3;14H,6-8H2,1-5H3;13H,6-7H2,1-5H3;12-13H,5-6H2,1-4H3;12H,4-5,11H2,1-3H3. The Bertz CT molecular complexity index is 3940. The minimum atomic E-state index is -0.143. The summed E-state index contributed by atoms with van der Waals surface area (Å²) in [6.07, 6.45) is 1.16. The predicted molar refractivity (Wildman–Crippen MR) is 439 cm³/mol. The third kappa shape index (κ3) is 26.1. The summed E-state index contributed by atoms with van der Waals surface area (Å²) in [7, 11) is 10.1. The minimum absolute atomic E-state index is 0.00650. The quantitative estimate of drug-likeness (QED) is 0.0169. The molecule has 6 rings (SSSR count). The van der Waals surface area contributed by atoms with Crippen LogP contribution in [0.3, 0.4) is 0 Å². The van der Waals surface area contributed by atoms with Gasteiger partial charge in [0.25, 0.3) is 0 Å². The lowest BCUT2D eigenvalue weighted by molar-refractivity contribution is 0.316. The Labute approximate surface area is 618 Å². The normalized spacial score (nSPS) is 12.2. The molecule has 0 fully saturated rings. The lowest BCUT2D eigenvalue weighted by atomic mass is 9.82. The first-order valence-electron chi connectivity index (χ1n) is 34.5. The van der Waals surface area contributed by atoms with E-state index in [1.807, 2.05) is 146 Å². The number of rotatable bonds is 28. The molecule has 552 valence electrons. The highest BCUT2D eigenvalue weighted by atomic mass is 32.1. The van der Waals surface area contributed by atoms with Gasteiger partial charge in [-0.3, -0.25) is 28.8 Å². The van der Waals surface area contributed by atoms with Crippen molar-refractivity contribution in [3.63, 3.8) is 0 Å². The lowest BCUT2D eigenvalue weighted by Gasteiger charge is -2.26. The van der Waals surface area contributed by atoms with Crippen LogP contribution < -0.4 is 75.5 Å². The third-order valence-corrected chi connectivity index (χ3v) is 18.6. The average Bonchev–Trinajstić information content (AvgIpc) is 0.808. The Morgan fingerprint density at radius 1 is 0.316 bits per heavy atom. The first-order chi connectivity index (χ1) is 44.9. The van der Waals surface area contributed by atoms with Crippen molar-refractivity contribution < 1.29 is 0 Å². The number of nitrogens with two attached hydrogens (primary N) is 1. The van der Waals surface area contributed by atoms with E-state index in [1.54, 1.807) is 0 Å². The smallest absolute Gasteiger partial charge is 0.204 e. The minimum Gasteiger partial charge on any atom is -0.382 e. The molecular formula is C74H124N12O6S6. The predicted octanol–water partition coefficient (Wildman–Crippen LogP) is 12.5. The van der Waals surface area contributed by atoms with Crippen LogP contribution in [0.1, 0.15) is 192 Å². The van der Waals surface area contributed by atoms with Gasteiger partial charge in [-0.1, -0.05) is 226 Å². The molecule has 6 aromatic rings. The van der Waals surface area contributed by atoms with Crippen molar-refractivity contribution in [1.29, 1.82) is 0 Å². The fourth-order valence-electron chi connectivity index (χ4n) is 10.8. The zero-order chi connectivity index (χ0) is 76.1. The fraction of sp³-hybridized carbons (Fsp3) is 0.676. The molecule has 6 aromatic carbocycles. The highest BCUT2D eigenvalue weighted by Crippen LogP contribution is 2.35. The molecule has 0 saturated heterocycles. The summed E-state index contributed by atoms with van der Waals surface area (Å²) in [6, 6.07) is 0. The second-order valence-electron chi connectivity index (χ2n) is 31.4. The van der Waals surface area contributed by atoms with Gasteiger partial charge in [0, 0.05) is 112 Å². The number of hydrogen-bond acceptors (Lipinski definition) is 24. The van der Waals surface area contributed by atoms with Gasteiger partial charge in [0.2, 0.25) is 32.6 Å². The topological polar surface area (TPSA) is 226 Å². The molecule has 0 aliphatic rings. The van der Waals surface area contributed by atoms with Gasteiger partial charge in [-0.25, -0.2) is 0 Å². The lowest BCUT2D eigenvalue weighted by Crippen LogP contribution is -2.33. The average molecular weight is 1470 g/mol. The van der Waals surface area contributed by atoms with Gasteiger partial charge < -0.3 is 62.6 Å². The third-order valence-electron chi connectivity index (χ3n) is 16.3. The second-order valence-corrected chi connectivity index (χ2v) is 33.9. The maximum Gasteiger partial charge on any atom is 0.204 e. The van der Waals surface area contributed by atoms with Crippen molar-refractivity contribution in [2.24, 2.45) is 5.73 Å². The SMILES string of the molecule is CC(C)(C)c1c(NCCN)c(=S)c1=O.CCCN(C)CCNc1c(C(C)(C)C)c(=O)c1=S.CCN(C)CCNc1c(C(C)(C)C)c(=O)c1=S.CCN(CC)CCNc1c(C(C)(C)C)c(=O)c1=S.CN(C)CCNc1c(C(C)(C)C)c(=O)c1=S.CNCCNc1c(C(C)(C)C)c(=O)c1=S. The molecule has 0 saturated carbocycles. The zero-order valence-corrected chi connectivity index (χ0v) is 69.7. The molecule has 98 heavy (non-hydrogen) atoms. The molecule has 0 bridgehead atoms. The highest BCUT2D eigenvalue weighted by Gasteiger charge is 2.33. The number of nitrogens with zero attached hydrogens (tertiary/aromatic N) is 4. The van der Waals surface area contributed by atoms with Gasteiger partial charge in [-0.05, 0) is 100 Å². The van der Waals surface area contributed by atoms with Crippen LogP contribution in [0.2, 0.25) is 0 Å². The van der Waals surface area contributed by atoms with Crippen LogP contribution in [0.5, 0.6) is 0 Å². The summed E-state index contributed by atoms with van der Waals surface area (Å²) in [5.41, 5.74) is 15.1. The highest BCUT2D eigenvalue weighted by molar-refractivity contribution is 7.72. The molecule has 18 nitrogen and oxygen atoms in total. The van der Waals surface area contributed by atoms with Crippen LogP contribution in [0.4, 0.5) is 34.1 Å². The Morgan fingerprint density at radius 2 is 0.551 bits per heavy atom. The summed E-state index contributed by atoms with van der Waals surface area (Å²) in [6.45, 7) is 59.4. The molecule has 24 heteroatoms. The maximum absolute atomic E-state index is 11.8. The van der Waals surface area contributed by atoms with E-state index in [1.165, 1.54) is 0 Å². The molecule has 0 heterocycles. The van der Waals surface area contributed by atoms with Gasteiger partial charge in [-0.15, -0.1) is 0 Å². The Morgan fingerprint density at radius 3 is 0.765 bits per heavy atom. The van der Waals surface area contributed by atoms with Crippen molar-refractivity contribution in [3.8, 4) is 0 Å². The van der Waals surface area contributed by atoms with E-state index in [4.69, 9.17) is 79.0 Å². The van der Waals surface area contributed by atoms with Crippen molar-refractivity contribution >= 4 is 107 Å². The molecule has 0 atom stereocenters. The van der Waals surface area contributed by atoms with E-state index in [-0.39, 0.29) is 65.1 Å². The maximum atomic E-state index is 11.8. The molecule has 9 N–H and O–H groups in total. The van der Waals surface area contributed by atoms with Crippen molar-refractivity contribution in [2.75, 3.05) is 172 Å². The Balaban J connectivity index is 0.000000589. The van der Waals surface area contributed by atoms with Crippen LogP contribution in [0.15, 0.2) is 28.8 Å². The molecule has 0 aliphatic carbocycles. The van der Waals surface area contributed by atoms with E-state index in [9.17, 15) is 28.8 Å². The molecular weight excluding hydrogens is 1350 g/mol. The summed E-state index contributed by atoms with van der Waals surface area (Å²) < 4.78 is 2.75. The largest absolute Gasteiger partial charge is 0.382 e. The van der Waals surface area contributed by atoms with Crippen molar-refractivity contribution in [2.45, 2.75) is 191 Å². The molecule has 0 radical (unpaired) electrons. The van der Waals surface area contributed by atoms with E-state index in [0.29, 0.717) is 40.2 Å². The van der Waals surface area contributed by atoms with Gasteiger partial charge in [0.1, 0.15) is 27.1 Å². The number of anilines is 6. The summed E-state index contributed by atoms with van der Waals surface area (Å²) in [5, 5.41) is 22.6. The van der Waals surface area contributed by atoms with E-state index in [0.717, 1.165) is 166 Å². The summed E-state index contributed by atoms with van der Waals surface area (Å²) >= 11 is 30.4. The number of nitrogens with one attached hydrogen (secondary N) is 7. The van der Waals surface area contributed by atoms with Gasteiger partial charge in [0.05, 0.1) is 34.1 Å². The summed E-state index contributed by atoms with van der Waals surface area (Å²) in [5.74, 6) is 0. The van der Waals surface area contributed by atoms with Gasteiger partial charge in [0.15, 0.2) is 0 Å². The monoisotopic (exact) mass is 1470 g/mol. The van der Waals surface area contributed by atoms with Crippen molar-refractivity contribution in [1.82, 2.24) is 24.9 Å². The summed E-state index contributed by atoms with van der Waals surface area (Å²) in [4.78, 5) is 79.0. The second kappa shape index (κ2) is 39.8. The van der Waals surface area contributed by atoms with Gasteiger partial charge >= 0.3 is 0 Å². The fourth-order valence-corrected chi connectivity index (χ4v) is 12.5. The molecule has 0 unspecified atom stereocenters.